The van der Waals surface area contributed by atoms with E-state index in [0.717, 1.165) is 19.3 Å². The Morgan fingerprint density at radius 1 is 1.67 bits per heavy atom. The maximum absolute atomic E-state index is 10.6. The molecule has 2 rings (SSSR count). The van der Waals surface area contributed by atoms with Crippen molar-refractivity contribution in [3.05, 3.63) is 22.0 Å². The highest BCUT2D eigenvalue weighted by Crippen LogP contribution is 2.32. The van der Waals surface area contributed by atoms with E-state index in [4.69, 9.17) is 0 Å². The lowest BCUT2D eigenvalue weighted by Crippen LogP contribution is -2.20. The van der Waals surface area contributed by atoms with Gasteiger partial charge in [0, 0.05) is 0 Å². The van der Waals surface area contributed by atoms with Crippen LogP contribution in [0, 0.1) is 17.0 Å². The molecule has 0 amide bonds. The number of rotatable bonds is 2. The van der Waals surface area contributed by atoms with Gasteiger partial charge >= 0.3 is 5.69 Å². The Morgan fingerprint density at radius 2 is 2.40 bits per heavy atom. The van der Waals surface area contributed by atoms with Gasteiger partial charge in [0.25, 0.3) is 0 Å². The molecule has 1 aliphatic carbocycles. The van der Waals surface area contributed by atoms with Crippen LogP contribution < -0.4 is 0 Å². The Labute approximate surface area is 86.7 Å². The summed E-state index contributed by atoms with van der Waals surface area (Å²) in [5.41, 5.74) is 0.542. The predicted octanol–water partition coefficient (Wildman–Crippen LogP) is 1.19. The molecule has 82 valence electrons. The van der Waals surface area contributed by atoms with Gasteiger partial charge in [-0.1, -0.05) is 0 Å². The van der Waals surface area contributed by atoms with Crippen molar-refractivity contribution in [2.45, 2.75) is 38.3 Å². The van der Waals surface area contributed by atoms with Gasteiger partial charge in [-0.05, 0) is 26.2 Å². The summed E-state index contributed by atoms with van der Waals surface area (Å²) in [5, 5.41) is 24.3. The van der Waals surface area contributed by atoms with Crippen molar-refractivity contribution in [2.75, 3.05) is 0 Å². The molecular weight excluding hydrogens is 198 g/mol. The van der Waals surface area contributed by atoms with Crippen LogP contribution in [0.2, 0.25) is 0 Å². The van der Waals surface area contributed by atoms with Crippen molar-refractivity contribution in [3.8, 4) is 0 Å². The Balaban J connectivity index is 2.33. The molecule has 0 aromatic carbocycles. The molecule has 1 N–H and O–H groups in total. The Kier molecular flexibility index (Phi) is 2.44. The van der Waals surface area contributed by atoms with Crippen LogP contribution >= 0.6 is 0 Å². The number of hydrogen-bond acceptors (Lipinski definition) is 4. The summed E-state index contributed by atoms with van der Waals surface area (Å²) < 4.78 is 1.58. The van der Waals surface area contributed by atoms with Crippen LogP contribution in [0.25, 0.3) is 0 Å². The van der Waals surface area contributed by atoms with Crippen molar-refractivity contribution >= 4 is 5.69 Å². The second-order valence-electron chi connectivity index (χ2n) is 3.88. The molecule has 1 aliphatic rings. The van der Waals surface area contributed by atoms with Crippen molar-refractivity contribution in [1.82, 2.24) is 9.78 Å². The van der Waals surface area contributed by atoms with Gasteiger partial charge in [-0.25, -0.2) is 0 Å². The Bertz CT molecular complexity index is 388. The normalized spacial score (nSPS) is 25.7. The van der Waals surface area contributed by atoms with E-state index in [1.807, 2.05) is 0 Å². The van der Waals surface area contributed by atoms with Crippen LogP contribution in [0.3, 0.4) is 0 Å². The van der Waals surface area contributed by atoms with Gasteiger partial charge in [0.1, 0.15) is 11.9 Å². The fraction of sp³-hybridized carbons (Fsp3) is 0.667. The highest BCUT2D eigenvalue weighted by molar-refractivity contribution is 5.32. The second-order valence-corrected chi connectivity index (χ2v) is 3.88. The molecule has 0 unspecified atom stereocenters. The van der Waals surface area contributed by atoms with E-state index >= 15 is 0 Å². The molecule has 6 heteroatoms. The highest BCUT2D eigenvalue weighted by Gasteiger charge is 2.30. The summed E-state index contributed by atoms with van der Waals surface area (Å²) in [4.78, 5) is 10.2. The fourth-order valence-electron chi connectivity index (χ4n) is 2.13. The first kappa shape index (κ1) is 10.1. The first-order valence-corrected chi connectivity index (χ1v) is 4.98. The van der Waals surface area contributed by atoms with Crippen LogP contribution in [-0.4, -0.2) is 25.9 Å². The van der Waals surface area contributed by atoms with Crippen LogP contribution in [-0.2, 0) is 0 Å². The van der Waals surface area contributed by atoms with E-state index in [-0.39, 0.29) is 11.7 Å². The summed E-state index contributed by atoms with van der Waals surface area (Å²) in [7, 11) is 0. The molecule has 0 spiro atoms. The zero-order valence-corrected chi connectivity index (χ0v) is 8.46. The molecule has 0 bridgehead atoms. The van der Waals surface area contributed by atoms with Crippen molar-refractivity contribution < 1.29 is 10.0 Å². The minimum absolute atomic E-state index is 0.0223. The first-order valence-electron chi connectivity index (χ1n) is 4.98. The summed E-state index contributed by atoms with van der Waals surface area (Å²) in [6, 6.07) is -0.0984. The fourth-order valence-corrected chi connectivity index (χ4v) is 2.13. The van der Waals surface area contributed by atoms with Gasteiger partial charge in [-0.15, -0.1) is 0 Å². The van der Waals surface area contributed by atoms with Gasteiger partial charge in [0.2, 0.25) is 0 Å². The van der Waals surface area contributed by atoms with Gasteiger partial charge in [0.15, 0.2) is 0 Å². The minimum Gasteiger partial charge on any atom is -0.391 e. The lowest BCUT2D eigenvalue weighted by molar-refractivity contribution is -0.385. The van der Waals surface area contributed by atoms with E-state index in [0.29, 0.717) is 5.69 Å². The SMILES string of the molecule is Cc1c([N+](=O)[O-])cnn1[C@@H]1CCC[C@H]1O. The third-order valence-electron chi connectivity index (χ3n) is 2.97. The molecule has 0 radical (unpaired) electrons. The Morgan fingerprint density at radius 3 is 2.87 bits per heavy atom. The smallest absolute Gasteiger partial charge is 0.309 e. The summed E-state index contributed by atoms with van der Waals surface area (Å²) in [6.45, 7) is 1.66. The highest BCUT2D eigenvalue weighted by atomic mass is 16.6. The predicted molar refractivity (Wildman–Crippen MR) is 52.5 cm³/mol. The zero-order chi connectivity index (χ0) is 11.0. The number of aliphatic hydroxyl groups is 1. The largest absolute Gasteiger partial charge is 0.391 e. The van der Waals surface area contributed by atoms with E-state index in [1.165, 1.54) is 6.20 Å². The number of nitro groups is 1. The monoisotopic (exact) mass is 211 g/mol. The third-order valence-corrected chi connectivity index (χ3v) is 2.97. The summed E-state index contributed by atoms with van der Waals surface area (Å²) in [5.74, 6) is 0. The molecule has 15 heavy (non-hydrogen) atoms. The molecule has 1 heterocycles. The van der Waals surface area contributed by atoms with Crippen molar-refractivity contribution in [1.29, 1.82) is 0 Å². The molecule has 6 nitrogen and oxygen atoms in total. The maximum atomic E-state index is 10.6. The van der Waals surface area contributed by atoms with Crippen LogP contribution in [0.1, 0.15) is 31.0 Å². The van der Waals surface area contributed by atoms with E-state index in [2.05, 4.69) is 5.10 Å². The number of hydrogen-bond donors (Lipinski definition) is 1. The van der Waals surface area contributed by atoms with Crippen molar-refractivity contribution in [2.24, 2.45) is 0 Å². The molecule has 1 aromatic rings. The van der Waals surface area contributed by atoms with Gasteiger partial charge < -0.3 is 5.11 Å². The topological polar surface area (TPSA) is 81.2 Å². The van der Waals surface area contributed by atoms with Crippen LogP contribution in [0.4, 0.5) is 5.69 Å². The summed E-state index contributed by atoms with van der Waals surface area (Å²) >= 11 is 0. The lowest BCUT2D eigenvalue weighted by Gasteiger charge is -2.15. The van der Waals surface area contributed by atoms with E-state index in [1.54, 1.807) is 11.6 Å². The standard InChI is InChI=1S/C9H13N3O3/c1-6-8(12(14)15)5-10-11(6)7-3-2-4-9(7)13/h5,7,9,13H,2-4H2,1H3/t7-,9-/m1/s1. The molecule has 1 aromatic heterocycles. The lowest BCUT2D eigenvalue weighted by atomic mass is 10.2. The molecule has 1 saturated carbocycles. The third kappa shape index (κ3) is 1.61. The van der Waals surface area contributed by atoms with E-state index < -0.39 is 11.0 Å². The molecule has 1 fully saturated rings. The number of nitrogens with zero attached hydrogens (tertiary/aromatic N) is 3. The average molecular weight is 211 g/mol. The van der Waals surface area contributed by atoms with Crippen LogP contribution in [0.5, 0.6) is 0 Å². The maximum Gasteiger partial charge on any atom is 0.309 e. The summed E-state index contributed by atoms with van der Waals surface area (Å²) in [6.07, 6.45) is 3.35. The molecule has 0 saturated heterocycles. The zero-order valence-electron chi connectivity index (χ0n) is 8.46. The average Bonchev–Trinajstić information content (AvgIpc) is 2.71. The first-order chi connectivity index (χ1) is 7.11. The van der Waals surface area contributed by atoms with Gasteiger partial charge in [0.05, 0.1) is 17.1 Å². The molecular formula is C9H13N3O3. The number of aromatic nitrogens is 2. The van der Waals surface area contributed by atoms with Crippen LogP contribution in [0.15, 0.2) is 6.20 Å². The second kappa shape index (κ2) is 3.62. The quantitative estimate of drug-likeness (QED) is 0.588. The van der Waals surface area contributed by atoms with Crippen molar-refractivity contribution in [3.63, 3.8) is 0 Å². The Hall–Kier alpha value is -1.43. The van der Waals surface area contributed by atoms with Gasteiger partial charge in [-0.3, -0.25) is 14.8 Å². The van der Waals surface area contributed by atoms with Gasteiger partial charge in [-0.2, -0.15) is 5.10 Å². The van der Waals surface area contributed by atoms with E-state index in [9.17, 15) is 15.2 Å². The molecule has 0 aliphatic heterocycles. The minimum atomic E-state index is -0.444. The molecule has 2 atom stereocenters. The number of aliphatic hydroxyl groups excluding tert-OH is 1.